The molecule has 0 bridgehead atoms. The molecule has 1 aromatic heterocycles. The summed E-state index contributed by atoms with van der Waals surface area (Å²) in [5, 5.41) is 3.28. The van der Waals surface area contributed by atoms with E-state index in [0.29, 0.717) is 6.61 Å². The molecule has 0 aliphatic heterocycles. The van der Waals surface area contributed by atoms with E-state index in [-0.39, 0.29) is 0 Å². The van der Waals surface area contributed by atoms with Gasteiger partial charge >= 0.3 is 0 Å². The topological polar surface area (TPSA) is 47.0 Å². The van der Waals surface area contributed by atoms with Crippen molar-refractivity contribution in [1.29, 1.82) is 0 Å². The van der Waals surface area contributed by atoms with Crippen LogP contribution in [0.2, 0.25) is 0 Å². The summed E-state index contributed by atoms with van der Waals surface area (Å²) in [7, 11) is 1.70. The van der Waals surface area contributed by atoms with E-state index in [1.165, 1.54) is 5.56 Å². The van der Waals surface area contributed by atoms with Crippen LogP contribution in [0.5, 0.6) is 0 Å². The molecule has 0 radical (unpaired) electrons. The molecule has 1 heterocycles. The first kappa shape index (κ1) is 15.1. The number of halogens is 1. The lowest BCUT2D eigenvalue weighted by Crippen LogP contribution is -2.19. The number of methoxy groups -OCH3 is 1. The third-order valence-electron chi connectivity index (χ3n) is 2.83. The average Bonchev–Trinajstić information content (AvgIpc) is 2.47. The normalized spacial score (nSPS) is 10.7. The number of nitrogens with one attached hydrogen (secondary N) is 1. The predicted molar refractivity (Wildman–Crippen MR) is 82.6 cm³/mol. The molecule has 0 fully saturated rings. The number of nitrogens with zero attached hydrogens (tertiary/aromatic N) is 2. The van der Waals surface area contributed by atoms with E-state index >= 15 is 0 Å². The van der Waals surface area contributed by atoms with Crippen molar-refractivity contribution in [1.82, 2.24) is 15.3 Å². The number of rotatable bonds is 7. The van der Waals surface area contributed by atoms with Crippen molar-refractivity contribution in [3.8, 4) is 0 Å². The smallest absolute Gasteiger partial charge is 0.132 e. The molecule has 0 aliphatic rings. The number of hydrogen-bond acceptors (Lipinski definition) is 4. The van der Waals surface area contributed by atoms with Crippen molar-refractivity contribution in [3.05, 3.63) is 58.1 Å². The van der Waals surface area contributed by atoms with Crippen LogP contribution in [0.3, 0.4) is 0 Å². The second kappa shape index (κ2) is 8.09. The molecule has 20 heavy (non-hydrogen) atoms. The summed E-state index contributed by atoms with van der Waals surface area (Å²) in [6.45, 7) is 2.26. The van der Waals surface area contributed by atoms with E-state index in [2.05, 4.69) is 43.3 Å². The fraction of sp³-hybridized carbons (Fsp3) is 0.333. The summed E-state index contributed by atoms with van der Waals surface area (Å²) in [6, 6.07) is 10.2. The standard InChI is InChI=1S/C15H18BrN3O/c1-20-9-8-17-11-14-6-7-18-15(19-14)10-12-2-4-13(16)5-3-12/h2-7,17H,8-11H2,1H3. The van der Waals surface area contributed by atoms with E-state index in [1.807, 2.05) is 24.4 Å². The van der Waals surface area contributed by atoms with Crippen LogP contribution >= 0.6 is 15.9 Å². The van der Waals surface area contributed by atoms with E-state index in [4.69, 9.17) is 4.74 Å². The Balaban J connectivity index is 1.93. The second-order valence-corrected chi connectivity index (χ2v) is 5.35. The fourth-order valence-electron chi connectivity index (χ4n) is 1.80. The van der Waals surface area contributed by atoms with Gasteiger partial charge in [-0.3, -0.25) is 0 Å². The third-order valence-corrected chi connectivity index (χ3v) is 3.36. The number of aromatic nitrogens is 2. The predicted octanol–water partition coefficient (Wildman–Crippen LogP) is 2.57. The molecule has 1 N–H and O–H groups in total. The Hall–Kier alpha value is -1.30. The van der Waals surface area contributed by atoms with Crippen LogP contribution in [0.15, 0.2) is 41.0 Å². The van der Waals surface area contributed by atoms with Gasteiger partial charge in [0.2, 0.25) is 0 Å². The molecule has 106 valence electrons. The molecule has 4 nitrogen and oxygen atoms in total. The molecule has 2 aromatic rings. The van der Waals surface area contributed by atoms with E-state index in [1.54, 1.807) is 7.11 Å². The molecule has 0 aliphatic carbocycles. The van der Waals surface area contributed by atoms with Crippen LogP contribution in [0.4, 0.5) is 0 Å². The second-order valence-electron chi connectivity index (χ2n) is 4.44. The molecular weight excluding hydrogens is 318 g/mol. The highest BCUT2D eigenvalue weighted by Gasteiger charge is 2.01. The Morgan fingerprint density at radius 1 is 1.20 bits per heavy atom. The lowest BCUT2D eigenvalue weighted by Gasteiger charge is -2.06. The maximum absolute atomic E-state index is 4.99. The van der Waals surface area contributed by atoms with Crippen molar-refractivity contribution >= 4 is 15.9 Å². The van der Waals surface area contributed by atoms with Crippen LogP contribution in [-0.2, 0) is 17.7 Å². The third kappa shape index (κ3) is 5.00. The lowest BCUT2D eigenvalue weighted by molar-refractivity contribution is 0.199. The SMILES string of the molecule is COCCNCc1ccnc(Cc2ccc(Br)cc2)n1. The van der Waals surface area contributed by atoms with Crippen LogP contribution in [0.25, 0.3) is 0 Å². The monoisotopic (exact) mass is 335 g/mol. The first-order valence-corrected chi connectivity index (χ1v) is 7.32. The molecule has 0 saturated heterocycles. The number of benzene rings is 1. The van der Waals surface area contributed by atoms with Gasteiger partial charge in [-0.15, -0.1) is 0 Å². The number of ether oxygens (including phenoxy) is 1. The highest BCUT2D eigenvalue weighted by molar-refractivity contribution is 9.10. The van der Waals surface area contributed by atoms with Crippen LogP contribution in [0.1, 0.15) is 17.1 Å². The maximum atomic E-state index is 4.99. The minimum Gasteiger partial charge on any atom is -0.383 e. The van der Waals surface area contributed by atoms with Gasteiger partial charge in [-0.25, -0.2) is 9.97 Å². The zero-order valence-electron chi connectivity index (χ0n) is 11.5. The first-order chi connectivity index (χ1) is 9.78. The van der Waals surface area contributed by atoms with Crippen LogP contribution in [0, 0.1) is 0 Å². The van der Waals surface area contributed by atoms with Crippen LogP contribution < -0.4 is 5.32 Å². The molecule has 1 aromatic carbocycles. The summed E-state index contributed by atoms with van der Waals surface area (Å²) < 4.78 is 6.07. The summed E-state index contributed by atoms with van der Waals surface area (Å²) in [5.41, 5.74) is 2.21. The van der Waals surface area contributed by atoms with Crippen molar-refractivity contribution in [2.45, 2.75) is 13.0 Å². The molecular formula is C15H18BrN3O. The highest BCUT2D eigenvalue weighted by atomic mass is 79.9. The maximum Gasteiger partial charge on any atom is 0.132 e. The quantitative estimate of drug-likeness (QED) is 0.790. The van der Waals surface area contributed by atoms with Gasteiger partial charge in [0.25, 0.3) is 0 Å². The van der Waals surface area contributed by atoms with Crippen molar-refractivity contribution in [2.75, 3.05) is 20.3 Å². The van der Waals surface area contributed by atoms with Gasteiger partial charge < -0.3 is 10.1 Å². The van der Waals surface area contributed by atoms with Gasteiger partial charge in [-0.05, 0) is 23.8 Å². The van der Waals surface area contributed by atoms with Gasteiger partial charge in [0.15, 0.2) is 0 Å². The Kier molecular flexibility index (Phi) is 6.11. The first-order valence-electron chi connectivity index (χ1n) is 6.53. The Labute approximate surface area is 127 Å². The van der Waals surface area contributed by atoms with Gasteiger partial charge in [0, 0.05) is 37.3 Å². The largest absolute Gasteiger partial charge is 0.383 e. The molecule has 5 heteroatoms. The molecule has 0 spiro atoms. The minimum atomic E-state index is 0.705. The molecule has 2 rings (SSSR count). The fourth-order valence-corrected chi connectivity index (χ4v) is 2.06. The van der Waals surface area contributed by atoms with Crippen molar-refractivity contribution in [2.24, 2.45) is 0 Å². The summed E-state index contributed by atoms with van der Waals surface area (Å²) >= 11 is 3.43. The molecule has 0 unspecified atom stereocenters. The zero-order chi connectivity index (χ0) is 14.2. The summed E-state index contributed by atoms with van der Waals surface area (Å²) in [6.07, 6.45) is 2.56. The minimum absolute atomic E-state index is 0.705. The summed E-state index contributed by atoms with van der Waals surface area (Å²) in [5.74, 6) is 0.846. The number of hydrogen-bond donors (Lipinski definition) is 1. The van der Waals surface area contributed by atoms with E-state index < -0.39 is 0 Å². The van der Waals surface area contributed by atoms with Gasteiger partial charge in [-0.1, -0.05) is 28.1 Å². The van der Waals surface area contributed by atoms with Gasteiger partial charge in [-0.2, -0.15) is 0 Å². The zero-order valence-corrected chi connectivity index (χ0v) is 13.1. The summed E-state index contributed by atoms with van der Waals surface area (Å²) in [4.78, 5) is 8.89. The van der Waals surface area contributed by atoms with E-state index in [0.717, 1.165) is 35.5 Å². The van der Waals surface area contributed by atoms with Crippen LogP contribution in [-0.4, -0.2) is 30.2 Å². The molecule has 0 amide bonds. The Morgan fingerprint density at radius 3 is 2.75 bits per heavy atom. The van der Waals surface area contributed by atoms with Gasteiger partial charge in [0.1, 0.15) is 5.82 Å². The molecule has 0 saturated carbocycles. The molecule has 0 atom stereocenters. The average molecular weight is 336 g/mol. The van der Waals surface area contributed by atoms with Gasteiger partial charge in [0.05, 0.1) is 12.3 Å². The Bertz CT molecular complexity index is 531. The van der Waals surface area contributed by atoms with Crippen molar-refractivity contribution < 1.29 is 4.74 Å². The Morgan fingerprint density at radius 2 is 2.00 bits per heavy atom. The highest BCUT2D eigenvalue weighted by Crippen LogP contribution is 2.12. The lowest BCUT2D eigenvalue weighted by atomic mass is 10.1. The van der Waals surface area contributed by atoms with E-state index in [9.17, 15) is 0 Å². The van der Waals surface area contributed by atoms with Crippen molar-refractivity contribution in [3.63, 3.8) is 0 Å².